The highest BCUT2D eigenvalue weighted by Crippen LogP contribution is 2.24. The van der Waals surface area contributed by atoms with E-state index in [2.05, 4.69) is 0 Å². The van der Waals surface area contributed by atoms with Crippen molar-refractivity contribution in [2.75, 3.05) is 7.05 Å². The fourth-order valence-corrected chi connectivity index (χ4v) is 2.21. The van der Waals surface area contributed by atoms with Gasteiger partial charge in [0.15, 0.2) is 11.6 Å². The van der Waals surface area contributed by atoms with Crippen molar-refractivity contribution >= 4 is 17.5 Å². The number of carbonyl (C=O) groups is 1. The SMILES string of the molecule is CC(c1ccc(F)c(F)c1)N(C)C(=O)c1ccccc1Cl. The van der Waals surface area contributed by atoms with Crippen molar-refractivity contribution < 1.29 is 13.6 Å². The topological polar surface area (TPSA) is 20.3 Å². The quantitative estimate of drug-likeness (QED) is 0.820. The molecular formula is C16H14ClF2NO. The van der Waals surface area contributed by atoms with E-state index >= 15 is 0 Å². The highest BCUT2D eigenvalue weighted by atomic mass is 35.5. The van der Waals surface area contributed by atoms with E-state index in [1.54, 1.807) is 38.2 Å². The van der Waals surface area contributed by atoms with Gasteiger partial charge in [-0.25, -0.2) is 8.78 Å². The highest BCUT2D eigenvalue weighted by Gasteiger charge is 2.21. The summed E-state index contributed by atoms with van der Waals surface area (Å²) in [6, 6.07) is 9.89. The van der Waals surface area contributed by atoms with Gasteiger partial charge in [0.2, 0.25) is 0 Å². The molecule has 0 bridgehead atoms. The van der Waals surface area contributed by atoms with Gasteiger partial charge in [-0.15, -0.1) is 0 Å². The molecule has 0 saturated heterocycles. The first-order chi connectivity index (χ1) is 9.91. The van der Waals surface area contributed by atoms with Crippen LogP contribution in [0.3, 0.4) is 0 Å². The molecule has 21 heavy (non-hydrogen) atoms. The molecular weight excluding hydrogens is 296 g/mol. The van der Waals surface area contributed by atoms with E-state index in [4.69, 9.17) is 11.6 Å². The van der Waals surface area contributed by atoms with Crippen LogP contribution in [0.5, 0.6) is 0 Å². The predicted molar refractivity (Wildman–Crippen MR) is 78.3 cm³/mol. The van der Waals surface area contributed by atoms with Crippen LogP contribution in [-0.2, 0) is 0 Å². The third kappa shape index (κ3) is 3.22. The Morgan fingerprint density at radius 3 is 2.43 bits per heavy atom. The van der Waals surface area contributed by atoms with Gasteiger partial charge in [-0.3, -0.25) is 4.79 Å². The first-order valence-electron chi connectivity index (χ1n) is 6.38. The molecule has 0 aromatic heterocycles. The third-order valence-electron chi connectivity index (χ3n) is 3.43. The van der Waals surface area contributed by atoms with Gasteiger partial charge in [0.05, 0.1) is 16.6 Å². The van der Waals surface area contributed by atoms with E-state index in [9.17, 15) is 13.6 Å². The Hall–Kier alpha value is -1.94. The maximum absolute atomic E-state index is 13.3. The van der Waals surface area contributed by atoms with Crippen molar-refractivity contribution in [3.8, 4) is 0 Å². The van der Waals surface area contributed by atoms with Crippen LogP contribution in [0.1, 0.15) is 28.9 Å². The van der Waals surface area contributed by atoms with Crippen LogP contribution in [0.25, 0.3) is 0 Å². The average molecular weight is 310 g/mol. The van der Waals surface area contributed by atoms with E-state index in [-0.39, 0.29) is 5.91 Å². The molecule has 2 aromatic rings. The summed E-state index contributed by atoms with van der Waals surface area (Å²) in [4.78, 5) is 13.8. The maximum Gasteiger partial charge on any atom is 0.255 e. The van der Waals surface area contributed by atoms with Crippen LogP contribution in [-0.4, -0.2) is 17.9 Å². The van der Waals surface area contributed by atoms with Crippen molar-refractivity contribution in [3.63, 3.8) is 0 Å². The lowest BCUT2D eigenvalue weighted by molar-refractivity contribution is 0.0742. The number of benzene rings is 2. The molecule has 2 nitrogen and oxygen atoms in total. The molecule has 0 saturated carbocycles. The second-order valence-corrected chi connectivity index (χ2v) is 5.15. The Balaban J connectivity index is 2.26. The summed E-state index contributed by atoms with van der Waals surface area (Å²) in [6.07, 6.45) is 0. The smallest absolute Gasteiger partial charge is 0.255 e. The van der Waals surface area contributed by atoms with Crippen LogP contribution in [0, 0.1) is 11.6 Å². The van der Waals surface area contributed by atoms with Gasteiger partial charge < -0.3 is 4.90 Å². The van der Waals surface area contributed by atoms with E-state index in [1.807, 2.05) is 0 Å². The molecule has 1 atom stereocenters. The zero-order valence-electron chi connectivity index (χ0n) is 11.6. The van der Waals surface area contributed by atoms with E-state index in [0.717, 1.165) is 12.1 Å². The summed E-state index contributed by atoms with van der Waals surface area (Å²) in [6.45, 7) is 1.74. The predicted octanol–water partition coefficient (Wildman–Crippen LogP) is 4.45. The Morgan fingerprint density at radius 1 is 1.14 bits per heavy atom. The summed E-state index contributed by atoms with van der Waals surface area (Å²) in [7, 11) is 1.59. The Kier molecular flexibility index (Phi) is 4.58. The maximum atomic E-state index is 13.3. The molecule has 1 amide bonds. The molecule has 110 valence electrons. The Bertz CT molecular complexity index is 675. The molecule has 1 unspecified atom stereocenters. The summed E-state index contributed by atoms with van der Waals surface area (Å²) in [5.41, 5.74) is 0.882. The lowest BCUT2D eigenvalue weighted by Crippen LogP contribution is -2.30. The van der Waals surface area contributed by atoms with Gasteiger partial charge in [-0.2, -0.15) is 0 Å². The second kappa shape index (κ2) is 6.22. The van der Waals surface area contributed by atoms with E-state index < -0.39 is 17.7 Å². The summed E-state index contributed by atoms with van der Waals surface area (Å²) in [5.74, 6) is -2.12. The Morgan fingerprint density at radius 2 is 1.81 bits per heavy atom. The average Bonchev–Trinajstić information content (AvgIpc) is 2.48. The second-order valence-electron chi connectivity index (χ2n) is 4.75. The molecule has 0 aliphatic rings. The minimum atomic E-state index is -0.932. The lowest BCUT2D eigenvalue weighted by Gasteiger charge is -2.26. The van der Waals surface area contributed by atoms with Gasteiger partial charge >= 0.3 is 0 Å². The standard InChI is InChI=1S/C16H14ClF2NO/c1-10(11-7-8-14(18)15(19)9-11)20(2)16(21)12-5-3-4-6-13(12)17/h3-10H,1-2H3. The third-order valence-corrected chi connectivity index (χ3v) is 3.76. The molecule has 2 rings (SSSR count). The molecule has 0 spiro atoms. The van der Waals surface area contributed by atoms with Crippen LogP contribution in [0.4, 0.5) is 8.78 Å². The number of halogens is 3. The number of rotatable bonds is 3. The van der Waals surface area contributed by atoms with Crippen LogP contribution >= 0.6 is 11.6 Å². The van der Waals surface area contributed by atoms with Gasteiger partial charge in [0.25, 0.3) is 5.91 Å². The molecule has 0 fully saturated rings. The lowest BCUT2D eigenvalue weighted by atomic mass is 10.1. The fraction of sp³-hybridized carbons (Fsp3) is 0.188. The van der Waals surface area contributed by atoms with E-state index in [1.165, 1.54) is 11.0 Å². The molecule has 0 aliphatic heterocycles. The van der Waals surface area contributed by atoms with Gasteiger partial charge in [-0.05, 0) is 36.8 Å². The van der Waals surface area contributed by atoms with Crippen LogP contribution < -0.4 is 0 Å². The van der Waals surface area contributed by atoms with Gasteiger partial charge in [-0.1, -0.05) is 29.8 Å². The van der Waals surface area contributed by atoms with Crippen molar-refractivity contribution in [2.24, 2.45) is 0 Å². The first-order valence-corrected chi connectivity index (χ1v) is 6.76. The number of carbonyl (C=O) groups excluding carboxylic acids is 1. The number of amides is 1. The monoisotopic (exact) mass is 309 g/mol. The van der Waals surface area contributed by atoms with Gasteiger partial charge in [0, 0.05) is 7.05 Å². The molecule has 5 heteroatoms. The van der Waals surface area contributed by atoms with Crippen molar-refractivity contribution in [3.05, 3.63) is 70.2 Å². The van der Waals surface area contributed by atoms with Crippen molar-refractivity contribution in [2.45, 2.75) is 13.0 Å². The first kappa shape index (κ1) is 15.4. The molecule has 0 N–H and O–H groups in total. The number of nitrogens with zero attached hydrogens (tertiary/aromatic N) is 1. The summed E-state index contributed by atoms with van der Waals surface area (Å²) in [5, 5.41) is 0.354. The van der Waals surface area contributed by atoms with Crippen LogP contribution in [0.2, 0.25) is 5.02 Å². The zero-order chi connectivity index (χ0) is 15.6. The summed E-state index contributed by atoms with van der Waals surface area (Å²) >= 11 is 6.00. The molecule has 0 radical (unpaired) electrons. The minimum Gasteiger partial charge on any atom is -0.335 e. The van der Waals surface area contributed by atoms with Crippen molar-refractivity contribution in [1.82, 2.24) is 4.90 Å². The fourth-order valence-electron chi connectivity index (χ4n) is 2.00. The minimum absolute atomic E-state index is 0.280. The van der Waals surface area contributed by atoms with Crippen molar-refractivity contribution in [1.29, 1.82) is 0 Å². The van der Waals surface area contributed by atoms with Gasteiger partial charge in [0.1, 0.15) is 0 Å². The van der Waals surface area contributed by atoms with Crippen LogP contribution in [0.15, 0.2) is 42.5 Å². The number of hydrogen-bond donors (Lipinski definition) is 0. The normalized spacial score (nSPS) is 12.0. The summed E-state index contributed by atoms with van der Waals surface area (Å²) < 4.78 is 26.3. The molecule has 0 aliphatic carbocycles. The largest absolute Gasteiger partial charge is 0.335 e. The Labute approximate surface area is 127 Å². The number of hydrogen-bond acceptors (Lipinski definition) is 1. The zero-order valence-corrected chi connectivity index (χ0v) is 12.4. The van der Waals surface area contributed by atoms with E-state index in [0.29, 0.717) is 16.1 Å². The molecule has 2 aromatic carbocycles. The molecule has 0 heterocycles. The highest BCUT2D eigenvalue weighted by molar-refractivity contribution is 6.33.